The Bertz CT molecular complexity index is 527. The molecule has 0 saturated heterocycles. The number of rotatable bonds is 3. The van der Waals surface area contributed by atoms with Gasteiger partial charge in [-0.2, -0.15) is 0 Å². The van der Waals surface area contributed by atoms with E-state index in [-0.39, 0.29) is 6.35 Å². The Morgan fingerprint density at radius 3 is 1.90 bits per heavy atom. The van der Waals surface area contributed by atoms with Crippen LogP contribution in [0.4, 0.5) is 0 Å². The van der Waals surface area contributed by atoms with Gasteiger partial charge in [-0.15, -0.1) is 0 Å². The highest BCUT2D eigenvalue weighted by molar-refractivity contribution is 5.88. The highest BCUT2D eigenvalue weighted by atomic mass is 16.5. The molecule has 2 aromatic rings. The summed E-state index contributed by atoms with van der Waals surface area (Å²) >= 11 is 0. The van der Waals surface area contributed by atoms with Gasteiger partial charge in [-0.1, -0.05) is 74.5 Å². The van der Waals surface area contributed by atoms with E-state index < -0.39 is 0 Å². The lowest BCUT2D eigenvalue weighted by Crippen LogP contribution is -2.36. The van der Waals surface area contributed by atoms with Crippen molar-refractivity contribution in [3.8, 4) is 0 Å². The maximum absolute atomic E-state index is 5.92. The van der Waals surface area contributed by atoms with E-state index in [1.54, 1.807) is 0 Å². The third-order valence-corrected chi connectivity index (χ3v) is 3.10. The minimum Gasteiger partial charge on any atom is -0.455 e. The van der Waals surface area contributed by atoms with Gasteiger partial charge in [-0.05, 0) is 7.05 Å². The van der Waals surface area contributed by atoms with Crippen molar-refractivity contribution in [3.05, 3.63) is 71.8 Å². The van der Waals surface area contributed by atoms with Crippen molar-refractivity contribution >= 4 is 11.5 Å². The monoisotopic (exact) mass is 282 g/mol. The molecule has 2 aromatic carbocycles. The summed E-state index contributed by atoms with van der Waals surface area (Å²) in [4.78, 5) is 0. The van der Waals surface area contributed by atoms with Gasteiger partial charge in [0.2, 0.25) is 6.35 Å². The zero-order valence-corrected chi connectivity index (χ0v) is 12.8. The number of hydrogen-bond acceptors (Lipinski definition) is 3. The molecular formula is C18H22N2O. The minimum atomic E-state index is -0.189. The first-order chi connectivity index (χ1) is 10.4. The fourth-order valence-electron chi connectivity index (χ4n) is 2.16. The molecule has 3 heteroatoms. The molecule has 1 heterocycles. The van der Waals surface area contributed by atoms with Crippen molar-refractivity contribution in [3.63, 3.8) is 0 Å². The van der Waals surface area contributed by atoms with Crippen LogP contribution in [0.15, 0.2) is 60.7 Å². The van der Waals surface area contributed by atoms with Gasteiger partial charge < -0.3 is 10.1 Å². The molecule has 3 rings (SSSR count). The summed E-state index contributed by atoms with van der Waals surface area (Å²) in [7, 11) is 1.87. The van der Waals surface area contributed by atoms with Crippen LogP contribution in [0, 0.1) is 0 Å². The normalized spacial score (nSPS) is 16.6. The molecule has 0 saturated carbocycles. The van der Waals surface area contributed by atoms with Gasteiger partial charge in [0.05, 0.1) is 5.70 Å². The molecule has 0 radical (unpaired) electrons. The Kier molecular flexibility index (Phi) is 5.41. The molecule has 1 unspecified atom stereocenters. The zero-order valence-electron chi connectivity index (χ0n) is 12.8. The summed E-state index contributed by atoms with van der Waals surface area (Å²) < 4.78 is 5.92. The largest absolute Gasteiger partial charge is 0.455 e. The quantitative estimate of drug-likeness (QED) is 0.901. The number of hydrogen-bond donors (Lipinski definition) is 2. The Labute approximate surface area is 126 Å². The van der Waals surface area contributed by atoms with Crippen LogP contribution in [0.5, 0.6) is 0 Å². The summed E-state index contributed by atoms with van der Waals surface area (Å²) in [6, 6.07) is 20.4. The summed E-state index contributed by atoms with van der Waals surface area (Å²) in [5.41, 5.74) is 3.22. The van der Waals surface area contributed by atoms with Crippen molar-refractivity contribution in [1.29, 1.82) is 0 Å². The zero-order chi connectivity index (χ0) is 15.1. The minimum absolute atomic E-state index is 0.189. The molecule has 0 spiro atoms. The van der Waals surface area contributed by atoms with Gasteiger partial charge in [-0.25, -0.2) is 0 Å². The van der Waals surface area contributed by atoms with E-state index in [1.807, 2.05) is 57.3 Å². The van der Waals surface area contributed by atoms with E-state index in [1.165, 1.54) is 0 Å². The average Bonchev–Trinajstić information content (AvgIpc) is 3.03. The second-order valence-corrected chi connectivity index (χ2v) is 4.37. The molecule has 1 aliphatic heterocycles. The van der Waals surface area contributed by atoms with Crippen LogP contribution in [0.3, 0.4) is 0 Å². The van der Waals surface area contributed by atoms with E-state index in [2.05, 4.69) is 34.9 Å². The average molecular weight is 282 g/mol. The second kappa shape index (κ2) is 7.50. The Balaban J connectivity index is 0.000000774. The standard InChI is InChI=1S/C16H16N2O.C2H6/c1-17-16-18-14(12-8-4-2-5-9-12)15(19-16)13-10-6-3-7-11-13;1-2/h2-11,16-18H,1H3;1-2H3. The highest BCUT2D eigenvalue weighted by Gasteiger charge is 2.25. The first kappa shape index (κ1) is 15.1. The summed E-state index contributed by atoms with van der Waals surface area (Å²) in [5, 5.41) is 6.44. The number of benzene rings is 2. The first-order valence-electron chi connectivity index (χ1n) is 7.34. The molecule has 0 aromatic heterocycles. The highest BCUT2D eigenvalue weighted by Crippen LogP contribution is 2.30. The van der Waals surface area contributed by atoms with Crippen LogP contribution in [0.1, 0.15) is 25.0 Å². The third-order valence-electron chi connectivity index (χ3n) is 3.10. The van der Waals surface area contributed by atoms with Gasteiger partial charge in [-0.3, -0.25) is 5.32 Å². The van der Waals surface area contributed by atoms with E-state index in [0.717, 1.165) is 22.6 Å². The van der Waals surface area contributed by atoms with E-state index in [4.69, 9.17) is 4.74 Å². The van der Waals surface area contributed by atoms with E-state index in [0.29, 0.717) is 0 Å². The lowest BCUT2D eigenvalue weighted by molar-refractivity contribution is 0.145. The van der Waals surface area contributed by atoms with E-state index in [9.17, 15) is 0 Å². The molecule has 21 heavy (non-hydrogen) atoms. The Morgan fingerprint density at radius 1 is 0.857 bits per heavy atom. The molecule has 0 aliphatic carbocycles. The fourth-order valence-corrected chi connectivity index (χ4v) is 2.16. The predicted octanol–water partition coefficient (Wildman–Crippen LogP) is 3.66. The summed E-state index contributed by atoms with van der Waals surface area (Å²) in [6.45, 7) is 4.00. The maximum Gasteiger partial charge on any atom is 0.227 e. The van der Waals surface area contributed by atoms with Gasteiger partial charge in [0.15, 0.2) is 5.76 Å². The molecule has 0 amide bonds. The topological polar surface area (TPSA) is 33.3 Å². The molecule has 1 atom stereocenters. The second-order valence-electron chi connectivity index (χ2n) is 4.37. The van der Waals surface area contributed by atoms with Crippen molar-refractivity contribution in [2.24, 2.45) is 0 Å². The summed E-state index contributed by atoms with van der Waals surface area (Å²) in [5.74, 6) is 0.881. The smallest absolute Gasteiger partial charge is 0.227 e. The first-order valence-corrected chi connectivity index (χ1v) is 7.34. The van der Waals surface area contributed by atoms with Crippen molar-refractivity contribution in [1.82, 2.24) is 10.6 Å². The van der Waals surface area contributed by atoms with Crippen LogP contribution in [-0.2, 0) is 4.74 Å². The van der Waals surface area contributed by atoms with Gasteiger partial charge in [0.25, 0.3) is 0 Å². The lowest BCUT2D eigenvalue weighted by Gasteiger charge is -2.11. The van der Waals surface area contributed by atoms with Crippen LogP contribution in [0.25, 0.3) is 11.5 Å². The number of ether oxygens (including phenoxy) is 1. The molecule has 3 nitrogen and oxygen atoms in total. The van der Waals surface area contributed by atoms with Gasteiger partial charge in [0.1, 0.15) is 0 Å². The van der Waals surface area contributed by atoms with Crippen LogP contribution in [0.2, 0.25) is 0 Å². The van der Waals surface area contributed by atoms with E-state index >= 15 is 0 Å². The molecule has 0 fully saturated rings. The SMILES string of the molecule is CC.CNC1NC(c2ccccc2)=C(c2ccccc2)O1. The maximum atomic E-state index is 5.92. The molecule has 110 valence electrons. The molecular weight excluding hydrogens is 260 g/mol. The Hall–Kier alpha value is -2.26. The van der Waals surface area contributed by atoms with Crippen molar-refractivity contribution in [2.45, 2.75) is 20.2 Å². The Morgan fingerprint density at radius 2 is 1.38 bits per heavy atom. The number of nitrogens with one attached hydrogen (secondary N) is 2. The molecule has 1 aliphatic rings. The van der Waals surface area contributed by atoms with Crippen molar-refractivity contribution in [2.75, 3.05) is 7.05 Å². The van der Waals surface area contributed by atoms with Crippen LogP contribution >= 0.6 is 0 Å². The predicted molar refractivity (Wildman–Crippen MR) is 88.1 cm³/mol. The van der Waals surface area contributed by atoms with Crippen LogP contribution in [-0.4, -0.2) is 13.4 Å². The molecule has 0 bridgehead atoms. The fraction of sp³-hybridized carbons (Fsp3) is 0.222. The van der Waals surface area contributed by atoms with Crippen molar-refractivity contribution < 1.29 is 4.74 Å². The lowest BCUT2D eigenvalue weighted by atomic mass is 10.1. The summed E-state index contributed by atoms with van der Waals surface area (Å²) in [6.07, 6.45) is -0.189. The van der Waals surface area contributed by atoms with Crippen LogP contribution < -0.4 is 10.6 Å². The van der Waals surface area contributed by atoms with Gasteiger partial charge in [0, 0.05) is 11.1 Å². The molecule has 2 N–H and O–H groups in total. The van der Waals surface area contributed by atoms with Gasteiger partial charge >= 0.3 is 0 Å². The third kappa shape index (κ3) is 3.44.